The second-order valence-corrected chi connectivity index (χ2v) is 20.3. The molecule has 1 amide bonds. The molecule has 0 saturated carbocycles. The number of unbranched alkanes of at least 4 members (excludes halogenated alkanes) is 30. The second-order valence-electron chi connectivity index (χ2n) is 18.9. The first-order valence-electron chi connectivity index (χ1n) is 25.9. The predicted molar refractivity (Wildman–Crippen MR) is 261 cm³/mol. The Hall–Kier alpha value is -1.28. The molecular weight excluding hydrogens is 780 g/mol. The summed E-state index contributed by atoms with van der Waals surface area (Å²) in [5.41, 5.74) is 0. The standard InChI is InChI=1S/C52H101N2O6P/c1-6-8-10-12-14-16-18-20-22-24-26-27-28-30-32-34-36-38-40-42-44-46-52(56)53-50(49-60-61(57,58)59-48-47-54(3,4)5)51(55)45-43-41-39-37-35-33-31-29-25-23-21-19-17-15-13-11-9-7-2/h25,29,35,37,43,45,50-51,55H,6-24,26-28,30-34,36,38-42,44,46-49H2,1-5H3,(H-,53,56,57,58)/b29-25+,37-35+,45-43+. The summed E-state index contributed by atoms with van der Waals surface area (Å²) in [4.78, 5) is 25.4. The first-order chi connectivity index (χ1) is 29.5. The van der Waals surface area contributed by atoms with Crippen molar-refractivity contribution in [3.63, 3.8) is 0 Å². The minimum Gasteiger partial charge on any atom is -0.756 e. The molecule has 0 rings (SSSR count). The molecule has 0 bridgehead atoms. The molecule has 0 saturated heterocycles. The number of allylic oxidation sites excluding steroid dienone is 5. The number of nitrogens with one attached hydrogen (secondary N) is 1. The van der Waals surface area contributed by atoms with Crippen molar-refractivity contribution in [1.29, 1.82) is 0 Å². The lowest BCUT2D eigenvalue weighted by Crippen LogP contribution is -2.45. The highest BCUT2D eigenvalue weighted by Gasteiger charge is 2.23. The Morgan fingerprint density at radius 1 is 0.557 bits per heavy atom. The van der Waals surface area contributed by atoms with Crippen LogP contribution in [0.15, 0.2) is 36.5 Å². The molecule has 8 nitrogen and oxygen atoms in total. The Morgan fingerprint density at radius 3 is 1.33 bits per heavy atom. The maximum Gasteiger partial charge on any atom is 0.268 e. The van der Waals surface area contributed by atoms with Gasteiger partial charge in [0.2, 0.25) is 5.91 Å². The van der Waals surface area contributed by atoms with E-state index in [1.54, 1.807) is 6.08 Å². The molecule has 0 aliphatic heterocycles. The zero-order chi connectivity index (χ0) is 45.0. The number of quaternary nitrogens is 1. The van der Waals surface area contributed by atoms with E-state index in [1.807, 2.05) is 27.2 Å². The van der Waals surface area contributed by atoms with Crippen LogP contribution < -0.4 is 10.2 Å². The number of phosphoric acid groups is 1. The van der Waals surface area contributed by atoms with E-state index >= 15 is 0 Å². The van der Waals surface area contributed by atoms with Gasteiger partial charge in [0.15, 0.2) is 0 Å². The topological polar surface area (TPSA) is 108 Å². The van der Waals surface area contributed by atoms with Gasteiger partial charge in [-0.15, -0.1) is 0 Å². The molecule has 360 valence electrons. The Morgan fingerprint density at radius 2 is 0.918 bits per heavy atom. The summed E-state index contributed by atoms with van der Waals surface area (Å²) >= 11 is 0. The molecule has 0 radical (unpaired) electrons. The van der Waals surface area contributed by atoms with Gasteiger partial charge in [-0.1, -0.05) is 224 Å². The molecule has 3 atom stereocenters. The molecule has 0 aliphatic carbocycles. The smallest absolute Gasteiger partial charge is 0.268 e. The lowest BCUT2D eigenvalue weighted by atomic mass is 10.0. The van der Waals surface area contributed by atoms with Crippen LogP contribution in [0, 0.1) is 0 Å². The third kappa shape index (κ3) is 46.5. The molecule has 0 aromatic heterocycles. The van der Waals surface area contributed by atoms with Gasteiger partial charge < -0.3 is 28.8 Å². The summed E-state index contributed by atoms with van der Waals surface area (Å²) in [5, 5.41) is 13.8. The van der Waals surface area contributed by atoms with Gasteiger partial charge in [-0.3, -0.25) is 9.36 Å². The summed E-state index contributed by atoms with van der Waals surface area (Å²) in [5.74, 6) is -0.208. The van der Waals surface area contributed by atoms with E-state index in [1.165, 1.54) is 173 Å². The highest BCUT2D eigenvalue weighted by Crippen LogP contribution is 2.38. The van der Waals surface area contributed by atoms with Gasteiger partial charge in [-0.25, -0.2) is 0 Å². The van der Waals surface area contributed by atoms with Gasteiger partial charge in [0, 0.05) is 6.42 Å². The number of hydrogen-bond donors (Lipinski definition) is 2. The molecule has 61 heavy (non-hydrogen) atoms. The highest BCUT2D eigenvalue weighted by atomic mass is 31.2. The number of phosphoric ester groups is 1. The third-order valence-corrected chi connectivity index (χ3v) is 12.5. The summed E-state index contributed by atoms with van der Waals surface area (Å²) in [7, 11) is 1.24. The number of amides is 1. The van der Waals surface area contributed by atoms with Gasteiger partial charge in [-0.2, -0.15) is 0 Å². The molecule has 0 aromatic carbocycles. The van der Waals surface area contributed by atoms with Crippen molar-refractivity contribution in [2.45, 2.75) is 251 Å². The summed E-state index contributed by atoms with van der Waals surface area (Å²) in [6, 6.07) is -0.906. The molecule has 0 spiro atoms. The zero-order valence-corrected chi connectivity index (χ0v) is 41.8. The van der Waals surface area contributed by atoms with E-state index in [-0.39, 0.29) is 12.5 Å². The maximum atomic E-state index is 12.9. The Kier molecular flexibility index (Phi) is 43.0. The molecule has 2 N–H and O–H groups in total. The predicted octanol–water partition coefficient (Wildman–Crippen LogP) is 14.4. The molecule has 0 fully saturated rings. The normalized spacial score (nSPS) is 14.4. The van der Waals surface area contributed by atoms with Crippen LogP contribution in [0.1, 0.15) is 239 Å². The number of carbonyl (C=O) groups excluding carboxylic acids is 1. The molecule has 3 unspecified atom stereocenters. The van der Waals surface area contributed by atoms with Crippen LogP contribution in [0.3, 0.4) is 0 Å². The Bertz CT molecular complexity index is 1090. The minimum atomic E-state index is -4.60. The van der Waals surface area contributed by atoms with E-state index in [4.69, 9.17) is 9.05 Å². The Balaban J connectivity index is 4.34. The van der Waals surface area contributed by atoms with Gasteiger partial charge in [-0.05, 0) is 44.9 Å². The number of hydrogen-bond acceptors (Lipinski definition) is 6. The number of aliphatic hydroxyl groups is 1. The van der Waals surface area contributed by atoms with Gasteiger partial charge in [0.05, 0.1) is 39.9 Å². The monoisotopic (exact) mass is 881 g/mol. The SMILES string of the molecule is CCCCCCCCCC/C=C/CC/C=C/CC/C=C/C(O)C(COP(=O)([O-])OCC[N+](C)(C)C)NC(=O)CCCCCCCCCCCCCCCCCCCCCCC. The van der Waals surface area contributed by atoms with E-state index in [0.29, 0.717) is 17.4 Å². The molecule has 0 aliphatic rings. The van der Waals surface area contributed by atoms with Crippen LogP contribution >= 0.6 is 7.82 Å². The second kappa shape index (κ2) is 43.9. The van der Waals surface area contributed by atoms with Crippen molar-refractivity contribution in [2.24, 2.45) is 0 Å². The molecule has 9 heteroatoms. The van der Waals surface area contributed by atoms with E-state index < -0.39 is 26.6 Å². The fourth-order valence-corrected chi connectivity index (χ4v) is 8.20. The first-order valence-corrected chi connectivity index (χ1v) is 27.3. The van der Waals surface area contributed by atoms with Crippen molar-refractivity contribution in [3.05, 3.63) is 36.5 Å². The summed E-state index contributed by atoms with van der Waals surface area (Å²) in [6.07, 6.45) is 54.9. The van der Waals surface area contributed by atoms with Crippen molar-refractivity contribution < 1.29 is 32.9 Å². The van der Waals surface area contributed by atoms with Crippen molar-refractivity contribution in [2.75, 3.05) is 40.9 Å². The van der Waals surface area contributed by atoms with Crippen LogP contribution in [0.25, 0.3) is 0 Å². The van der Waals surface area contributed by atoms with Crippen LogP contribution in [0.5, 0.6) is 0 Å². The third-order valence-electron chi connectivity index (χ3n) is 11.6. The fourth-order valence-electron chi connectivity index (χ4n) is 7.48. The van der Waals surface area contributed by atoms with Crippen LogP contribution in [0.2, 0.25) is 0 Å². The first kappa shape index (κ1) is 59.7. The fraction of sp³-hybridized carbons (Fsp3) is 0.865. The zero-order valence-electron chi connectivity index (χ0n) is 40.9. The minimum absolute atomic E-state index is 0.00759. The van der Waals surface area contributed by atoms with E-state index in [0.717, 1.165) is 44.9 Å². The Labute approximate surface area is 378 Å². The van der Waals surface area contributed by atoms with Crippen LogP contribution in [-0.2, 0) is 18.4 Å². The number of aliphatic hydroxyl groups excluding tert-OH is 1. The van der Waals surface area contributed by atoms with Crippen molar-refractivity contribution in [1.82, 2.24) is 5.32 Å². The molecule has 0 heterocycles. The van der Waals surface area contributed by atoms with Gasteiger partial charge >= 0.3 is 0 Å². The molecular formula is C52H101N2O6P. The van der Waals surface area contributed by atoms with Gasteiger partial charge in [0.1, 0.15) is 13.2 Å². The quantitative estimate of drug-likeness (QED) is 0.0273. The largest absolute Gasteiger partial charge is 0.756 e. The van der Waals surface area contributed by atoms with Crippen LogP contribution in [0.4, 0.5) is 0 Å². The maximum absolute atomic E-state index is 12.9. The number of carbonyl (C=O) groups is 1. The average molecular weight is 881 g/mol. The highest BCUT2D eigenvalue weighted by molar-refractivity contribution is 7.45. The summed E-state index contributed by atoms with van der Waals surface area (Å²) in [6.45, 7) is 4.64. The summed E-state index contributed by atoms with van der Waals surface area (Å²) < 4.78 is 23.3. The molecule has 0 aromatic rings. The number of rotatable bonds is 47. The van der Waals surface area contributed by atoms with E-state index in [9.17, 15) is 19.4 Å². The lowest BCUT2D eigenvalue weighted by molar-refractivity contribution is -0.870. The van der Waals surface area contributed by atoms with Crippen molar-refractivity contribution in [3.8, 4) is 0 Å². The van der Waals surface area contributed by atoms with Crippen LogP contribution in [-0.4, -0.2) is 68.5 Å². The lowest BCUT2D eigenvalue weighted by Gasteiger charge is -2.29. The number of likely N-dealkylation sites (N-methyl/N-ethyl adjacent to an activating group) is 1. The van der Waals surface area contributed by atoms with E-state index in [2.05, 4.69) is 43.5 Å². The average Bonchev–Trinajstić information content (AvgIpc) is 3.21. The number of nitrogens with zero attached hydrogens (tertiary/aromatic N) is 1. The van der Waals surface area contributed by atoms with Gasteiger partial charge in [0.25, 0.3) is 7.82 Å². The van der Waals surface area contributed by atoms with Crippen molar-refractivity contribution >= 4 is 13.7 Å².